The molecule has 3 heterocycles. The number of nitrogens with one attached hydrogen (secondary N) is 2. The summed E-state index contributed by atoms with van der Waals surface area (Å²) in [6, 6.07) is 9.28. The Kier molecular flexibility index (Phi) is 4.99. The molecule has 5 rings (SSSR count). The highest BCUT2D eigenvalue weighted by Gasteiger charge is 2.29. The number of carbonyl (C=O) groups excluding carboxylic acids is 1. The zero-order valence-electron chi connectivity index (χ0n) is 16.5. The number of piperidine rings is 1. The molecule has 0 spiro atoms. The lowest BCUT2D eigenvalue weighted by Gasteiger charge is -2.36. The number of fused-ring (bicyclic) bond motifs is 1. The molecule has 1 aromatic carbocycles. The van der Waals surface area contributed by atoms with E-state index in [2.05, 4.69) is 33.4 Å². The number of benzene rings is 1. The molecule has 6 heteroatoms. The van der Waals surface area contributed by atoms with Crippen molar-refractivity contribution in [2.24, 2.45) is 5.92 Å². The molecule has 1 aliphatic carbocycles. The topological polar surface area (TPSA) is 60.6 Å². The van der Waals surface area contributed by atoms with Crippen LogP contribution in [0.4, 0.5) is 5.69 Å². The number of H-pyrrole nitrogens is 1. The van der Waals surface area contributed by atoms with Crippen LogP contribution in [0, 0.1) is 5.92 Å². The lowest BCUT2D eigenvalue weighted by molar-refractivity contribution is 0.0299. The minimum atomic E-state index is 0.0780. The third-order valence-electron chi connectivity index (χ3n) is 6.37. The standard InChI is InChI=1S/C22H30N4O2/c27-22(25-9-11-28-12-10-25)21-14-17-13-19(3-4-20(17)24-21)26(15-16-1-2-16)18-5-7-23-8-6-18/h3-4,13-14,16,18,23-24H,1-2,5-12,15H2. The average Bonchev–Trinajstić information content (AvgIpc) is 3.48. The average molecular weight is 383 g/mol. The molecular weight excluding hydrogens is 352 g/mol. The van der Waals surface area contributed by atoms with Crippen LogP contribution in [-0.2, 0) is 4.74 Å². The number of carbonyl (C=O) groups is 1. The number of amides is 1. The van der Waals surface area contributed by atoms with Gasteiger partial charge in [0.25, 0.3) is 5.91 Å². The van der Waals surface area contributed by atoms with E-state index < -0.39 is 0 Å². The summed E-state index contributed by atoms with van der Waals surface area (Å²) in [7, 11) is 0. The molecule has 2 aliphatic heterocycles. The SMILES string of the molecule is O=C(c1cc2cc(N(CC3CC3)C3CCNCC3)ccc2[nH]1)N1CCOCC1. The fourth-order valence-corrected chi connectivity index (χ4v) is 4.51. The summed E-state index contributed by atoms with van der Waals surface area (Å²) in [5.41, 5.74) is 3.03. The molecule has 2 saturated heterocycles. The van der Waals surface area contributed by atoms with Crippen molar-refractivity contribution in [1.29, 1.82) is 0 Å². The Labute approximate surface area is 166 Å². The van der Waals surface area contributed by atoms with Crippen LogP contribution in [0.25, 0.3) is 10.9 Å². The second-order valence-corrected chi connectivity index (χ2v) is 8.44. The van der Waals surface area contributed by atoms with Crippen molar-refractivity contribution in [3.05, 3.63) is 30.0 Å². The van der Waals surface area contributed by atoms with Crippen molar-refractivity contribution in [1.82, 2.24) is 15.2 Å². The first kappa shape index (κ1) is 18.0. The largest absolute Gasteiger partial charge is 0.378 e. The number of aromatic nitrogens is 1. The van der Waals surface area contributed by atoms with E-state index in [1.807, 2.05) is 11.0 Å². The normalized spacial score (nSPS) is 21.2. The monoisotopic (exact) mass is 382 g/mol. The maximum Gasteiger partial charge on any atom is 0.270 e. The van der Waals surface area contributed by atoms with Crippen LogP contribution in [0.15, 0.2) is 24.3 Å². The molecule has 3 fully saturated rings. The Balaban J connectivity index is 1.40. The third kappa shape index (κ3) is 3.76. The van der Waals surface area contributed by atoms with Crippen LogP contribution >= 0.6 is 0 Å². The summed E-state index contributed by atoms with van der Waals surface area (Å²) < 4.78 is 5.37. The first-order valence-electron chi connectivity index (χ1n) is 10.7. The van der Waals surface area contributed by atoms with Crippen LogP contribution in [0.1, 0.15) is 36.2 Å². The van der Waals surface area contributed by atoms with E-state index in [9.17, 15) is 4.79 Å². The fourth-order valence-electron chi connectivity index (χ4n) is 4.51. The predicted molar refractivity (Wildman–Crippen MR) is 111 cm³/mol. The molecule has 0 unspecified atom stereocenters. The van der Waals surface area contributed by atoms with Gasteiger partial charge in [0.2, 0.25) is 0 Å². The lowest BCUT2D eigenvalue weighted by atomic mass is 10.0. The van der Waals surface area contributed by atoms with E-state index in [0.29, 0.717) is 38.0 Å². The van der Waals surface area contributed by atoms with Gasteiger partial charge in [-0.15, -0.1) is 0 Å². The fraction of sp³-hybridized carbons (Fsp3) is 0.591. The molecule has 3 aliphatic rings. The first-order chi connectivity index (χ1) is 13.8. The summed E-state index contributed by atoms with van der Waals surface area (Å²) in [4.78, 5) is 20.7. The number of morpholine rings is 1. The molecule has 0 bridgehead atoms. The summed E-state index contributed by atoms with van der Waals surface area (Å²) in [6.07, 6.45) is 5.15. The summed E-state index contributed by atoms with van der Waals surface area (Å²) in [6.45, 7) is 5.98. The van der Waals surface area contributed by atoms with Crippen molar-refractivity contribution < 1.29 is 9.53 Å². The second-order valence-electron chi connectivity index (χ2n) is 8.44. The highest BCUT2D eigenvalue weighted by Crippen LogP contribution is 2.34. The molecule has 150 valence electrons. The summed E-state index contributed by atoms with van der Waals surface area (Å²) in [5, 5.41) is 4.61. The number of nitrogens with zero attached hydrogens (tertiary/aromatic N) is 2. The molecule has 6 nitrogen and oxygen atoms in total. The second kappa shape index (κ2) is 7.76. The van der Waals surface area contributed by atoms with Gasteiger partial charge in [-0.25, -0.2) is 0 Å². The van der Waals surface area contributed by atoms with Crippen molar-refractivity contribution >= 4 is 22.5 Å². The molecule has 1 saturated carbocycles. The maximum absolute atomic E-state index is 12.8. The van der Waals surface area contributed by atoms with Crippen molar-refractivity contribution in [3.8, 4) is 0 Å². The first-order valence-corrected chi connectivity index (χ1v) is 10.7. The van der Waals surface area contributed by atoms with Gasteiger partial charge in [-0.05, 0) is 69.0 Å². The highest BCUT2D eigenvalue weighted by atomic mass is 16.5. The number of ether oxygens (including phenoxy) is 1. The van der Waals surface area contributed by atoms with Crippen LogP contribution in [0.3, 0.4) is 0 Å². The van der Waals surface area contributed by atoms with Gasteiger partial charge in [0.05, 0.1) is 13.2 Å². The number of aromatic amines is 1. The maximum atomic E-state index is 12.8. The van der Waals surface area contributed by atoms with Crippen LogP contribution < -0.4 is 10.2 Å². The van der Waals surface area contributed by atoms with Crippen LogP contribution in [-0.4, -0.2) is 67.8 Å². The molecule has 0 radical (unpaired) electrons. The van der Waals surface area contributed by atoms with E-state index in [0.717, 1.165) is 29.9 Å². The van der Waals surface area contributed by atoms with Gasteiger partial charge in [-0.1, -0.05) is 0 Å². The number of rotatable bonds is 5. The molecule has 2 N–H and O–H groups in total. The van der Waals surface area contributed by atoms with Gasteiger partial charge in [-0.3, -0.25) is 4.79 Å². The Morgan fingerprint density at radius 2 is 1.89 bits per heavy atom. The van der Waals surface area contributed by atoms with E-state index in [-0.39, 0.29) is 5.91 Å². The van der Waals surface area contributed by atoms with Gasteiger partial charge in [0.1, 0.15) is 5.69 Å². The molecule has 1 aromatic heterocycles. The van der Waals surface area contributed by atoms with Gasteiger partial charge < -0.3 is 24.8 Å². The van der Waals surface area contributed by atoms with Crippen molar-refractivity contribution in [3.63, 3.8) is 0 Å². The van der Waals surface area contributed by atoms with Crippen molar-refractivity contribution in [2.45, 2.75) is 31.7 Å². The third-order valence-corrected chi connectivity index (χ3v) is 6.37. The Morgan fingerprint density at radius 3 is 2.64 bits per heavy atom. The number of anilines is 1. The highest BCUT2D eigenvalue weighted by molar-refractivity contribution is 5.98. The van der Waals surface area contributed by atoms with E-state index in [1.54, 1.807) is 0 Å². The Hall–Kier alpha value is -2.05. The van der Waals surface area contributed by atoms with E-state index in [1.165, 1.54) is 37.9 Å². The Morgan fingerprint density at radius 1 is 1.11 bits per heavy atom. The molecule has 1 amide bonds. The summed E-state index contributed by atoms with van der Waals surface area (Å²) in [5.74, 6) is 0.935. The molecule has 28 heavy (non-hydrogen) atoms. The minimum Gasteiger partial charge on any atom is -0.378 e. The zero-order chi connectivity index (χ0) is 18.9. The smallest absolute Gasteiger partial charge is 0.270 e. The van der Waals surface area contributed by atoms with Gasteiger partial charge in [0.15, 0.2) is 0 Å². The Bertz CT molecular complexity index is 832. The van der Waals surface area contributed by atoms with Gasteiger partial charge in [-0.2, -0.15) is 0 Å². The lowest BCUT2D eigenvalue weighted by Crippen LogP contribution is -2.44. The van der Waals surface area contributed by atoms with Crippen LogP contribution in [0.5, 0.6) is 0 Å². The van der Waals surface area contributed by atoms with E-state index in [4.69, 9.17) is 4.74 Å². The number of hydrogen-bond acceptors (Lipinski definition) is 4. The molecular formula is C22H30N4O2. The minimum absolute atomic E-state index is 0.0780. The predicted octanol–water partition coefficient (Wildman–Crippen LogP) is 2.61. The quantitative estimate of drug-likeness (QED) is 0.835. The molecule has 0 atom stereocenters. The van der Waals surface area contributed by atoms with Crippen LogP contribution in [0.2, 0.25) is 0 Å². The van der Waals surface area contributed by atoms with Gasteiger partial charge >= 0.3 is 0 Å². The zero-order valence-corrected chi connectivity index (χ0v) is 16.5. The number of hydrogen-bond donors (Lipinski definition) is 2. The van der Waals surface area contributed by atoms with E-state index >= 15 is 0 Å². The van der Waals surface area contributed by atoms with Crippen molar-refractivity contribution in [2.75, 3.05) is 50.8 Å². The molecule has 2 aromatic rings. The summed E-state index contributed by atoms with van der Waals surface area (Å²) >= 11 is 0. The van der Waals surface area contributed by atoms with Gasteiger partial charge in [0, 0.05) is 42.3 Å².